The first-order chi connectivity index (χ1) is 10.1. The lowest BCUT2D eigenvalue weighted by Crippen LogP contribution is -2.34. The van der Waals surface area contributed by atoms with Crippen LogP contribution in [0.2, 0.25) is 0 Å². The molecule has 5 nitrogen and oxygen atoms in total. The van der Waals surface area contributed by atoms with Gasteiger partial charge in [-0.3, -0.25) is 0 Å². The SMILES string of the molecule is CCCCN(CCO)S(=O)(=O)c1ccc(C#CCN)cc1. The van der Waals surface area contributed by atoms with Crippen LogP contribution in [0, 0.1) is 11.8 Å². The number of sulfonamides is 1. The molecule has 3 N–H and O–H groups in total. The molecular weight excluding hydrogens is 288 g/mol. The zero-order chi connectivity index (χ0) is 15.7. The Labute approximate surface area is 126 Å². The van der Waals surface area contributed by atoms with Crippen LogP contribution in [0.15, 0.2) is 29.2 Å². The molecular formula is C15H22N2O3S. The van der Waals surface area contributed by atoms with E-state index >= 15 is 0 Å². The summed E-state index contributed by atoms with van der Waals surface area (Å²) in [4.78, 5) is 0.213. The van der Waals surface area contributed by atoms with Crippen molar-refractivity contribution in [2.75, 3.05) is 26.2 Å². The monoisotopic (exact) mass is 310 g/mol. The number of aliphatic hydroxyl groups is 1. The summed E-state index contributed by atoms with van der Waals surface area (Å²) in [6.07, 6.45) is 1.66. The van der Waals surface area contributed by atoms with E-state index in [0.717, 1.165) is 18.4 Å². The highest BCUT2D eigenvalue weighted by Crippen LogP contribution is 2.16. The van der Waals surface area contributed by atoms with Gasteiger partial charge in [0, 0.05) is 18.7 Å². The smallest absolute Gasteiger partial charge is 0.243 e. The first-order valence-corrected chi connectivity index (χ1v) is 8.40. The number of unbranched alkanes of at least 4 members (excludes halogenated alkanes) is 1. The molecule has 0 heterocycles. The molecule has 0 bridgehead atoms. The van der Waals surface area contributed by atoms with Crippen molar-refractivity contribution in [3.05, 3.63) is 29.8 Å². The molecule has 0 aromatic heterocycles. The van der Waals surface area contributed by atoms with Crippen LogP contribution in [0.3, 0.4) is 0 Å². The predicted molar refractivity (Wildman–Crippen MR) is 83.1 cm³/mol. The van der Waals surface area contributed by atoms with Gasteiger partial charge in [-0.05, 0) is 30.7 Å². The van der Waals surface area contributed by atoms with Crippen LogP contribution in [0.4, 0.5) is 0 Å². The molecule has 0 atom stereocenters. The number of rotatable bonds is 7. The van der Waals surface area contributed by atoms with Gasteiger partial charge in [-0.1, -0.05) is 25.2 Å². The highest BCUT2D eigenvalue weighted by Gasteiger charge is 2.23. The maximum absolute atomic E-state index is 12.5. The molecule has 0 saturated heterocycles. The Kier molecular flexibility index (Phi) is 7.40. The van der Waals surface area contributed by atoms with Crippen LogP contribution in [0.1, 0.15) is 25.3 Å². The first kappa shape index (κ1) is 17.7. The Balaban J connectivity index is 2.98. The number of hydrogen-bond donors (Lipinski definition) is 2. The molecule has 0 aliphatic carbocycles. The molecule has 0 aliphatic rings. The largest absolute Gasteiger partial charge is 0.395 e. The van der Waals surface area contributed by atoms with Gasteiger partial charge in [-0.25, -0.2) is 8.42 Å². The third-order valence-electron chi connectivity index (χ3n) is 2.94. The summed E-state index contributed by atoms with van der Waals surface area (Å²) >= 11 is 0. The van der Waals surface area contributed by atoms with Crippen LogP contribution in [-0.4, -0.2) is 44.1 Å². The second kappa shape index (κ2) is 8.80. The predicted octanol–water partition coefficient (Wildman–Crippen LogP) is 0.780. The minimum atomic E-state index is -3.57. The summed E-state index contributed by atoms with van der Waals surface area (Å²) in [5.74, 6) is 5.57. The maximum atomic E-state index is 12.5. The Morgan fingerprint density at radius 1 is 1.24 bits per heavy atom. The molecule has 1 aromatic rings. The summed E-state index contributed by atoms with van der Waals surface area (Å²) in [6.45, 7) is 2.59. The third kappa shape index (κ3) is 5.14. The number of nitrogens with two attached hydrogens (primary N) is 1. The van der Waals surface area contributed by atoms with E-state index in [-0.39, 0.29) is 24.6 Å². The molecule has 0 saturated carbocycles. The van der Waals surface area contributed by atoms with Crippen molar-refractivity contribution in [1.29, 1.82) is 0 Å². The second-order valence-corrected chi connectivity index (χ2v) is 6.45. The fraction of sp³-hybridized carbons (Fsp3) is 0.467. The van der Waals surface area contributed by atoms with E-state index in [1.807, 2.05) is 6.92 Å². The lowest BCUT2D eigenvalue weighted by atomic mass is 10.2. The van der Waals surface area contributed by atoms with E-state index in [4.69, 9.17) is 10.8 Å². The topological polar surface area (TPSA) is 83.6 Å². The van der Waals surface area contributed by atoms with Crippen molar-refractivity contribution in [2.45, 2.75) is 24.7 Å². The molecule has 0 aliphatic heterocycles. The first-order valence-electron chi connectivity index (χ1n) is 6.96. The summed E-state index contributed by atoms with van der Waals surface area (Å²) < 4.78 is 26.3. The summed E-state index contributed by atoms with van der Waals surface area (Å²) in [5, 5.41) is 9.05. The number of hydrogen-bond acceptors (Lipinski definition) is 4. The van der Waals surface area contributed by atoms with Gasteiger partial charge in [0.15, 0.2) is 0 Å². The Morgan fingerprint density at radius 2 is 1.90 bits per heavy atom. The van der Waals surface area contributed by atoms with Crippen molar-refractivity contribution in [3.8, 4) is 11.8 Å². The molecule has 6 heteroatoms. The highest BCUT2D eigenvalue weighted by molar-refractivity contribution is 7.89. The quantitative estimate of drug-likeness (QED) is 0.729. The van der Waals surface area contributed by atoms with Crippen LogP contribution in [-0.2, 0) is 10.0 Å². The second-order valence-electron chi connectivity index (χ2n) is 4.51. The molecule has 21 heavy (non-hydrogen) atoms. The molecule has 0 radical (unpaired) electrons. The zero-order valence-corrected chi connectivity index (χ0v) is 13.1. The van der Waals surface area contributed by atoms with E-state index in [9.17, 15) is 8.42 Å². The van der Waals surface area contributed by atoms with Crippen LogP contribution >= 0.6 is 0 Å². The fourth-order valence-electron chi connectivity index (χ4n) is 1.81. The molecule has 1 rings (SSSR count). The molecule has 0 spiro atoms. The Bertz CT molecular complexity index is 586. The van der Waals surface area contributed by atoms with Crippen LogP contribution in [0.25, 0.3) is 0 Å². The van der Waals surface area contributed by atoms with Crippen LogP contribution < -0.4 is 5.73 Å². The van der Waals surface area contributed by atoms with Gasteiger partial charge in [0.2, 0.25) is 10.0 Å². The van der Waals surface area contributed by atoms with Crippen molar-refractivity contribution >= 4 is 10.0 Å². The number of nitrogens with zero attached hydrogens (tertiary/aromatic N) is 1. The van der Waals surface area contributed by atoms with Gasteiger partial charge in [0.05, 0.1) is 18.0 Å². The van der Waals surface area contributed by atoms with Gasteiger partial charge < -0.3 is 10.8 Å². The van der Waals surface area contributed by atoms with E-state index in [1.54, 1.807) is 12.1 Å². The Morgan fingerprint density at radius 3 is 2.43 bits per heavy atom. The third-order valence-corrected chi connectivity index (χ3v) is 4.85. The average molecular weight is 310 g/mol. The average Bonchev–Trinajstić information content (AvgIpc) is 2.49. The van der Waals surface area contributed by atoms with Crippen molar-refractivity contribution in [3.63, 3.8) is 0 Å². The standard InChI is InChI=1S/C15H22N2O3S/c1-2-3-11-17(12-13-18)21(19,20)15-8-6-14(7-9-15)5-4-10-16/h6-9,18H,2-3,10-13,16H2,1H3. The van der Waals surface area contributed by atoms with Crippen LogP contribution in [0.5, 0.6) is 0 Å². The van der Waals surface area contributed by atoms with Crippen molar-refractivity contribution in [2.24, 2.45) is 5.73 Å². The van der Waals surface area contributed by atoms with Crippen molar-refractivity contribution in [1.82, 2.24) is 4.31 Å². The minimum absolute atomic E-state index is 0.108. The van der Waals surface area contributed by atoms with E-state index in [2.05, 4.69) is 11.8 Å². The number of aliphatic hydroxyl groups excluding tert-OH is 1. The normalized spacial score (nSPS) is 11.2. The highest BCUT2D eigenvalue weighted by atomic mass is 32.2. The van der Waals surface area contributed by atoms with E-state index < -0.39 is 10.0 Å². The molecule has 1 aromatic carbocycles. The van der Waals surface area contributed by atoms with Crippen molar-refractivity contribution < 1.29 is 13.5 Å². The lowest BCUT2D eigenvalue weighted by molar-refractivity contribution is 0.252. The minimum Gasteiger partial charge on any atom is -0.395 e. The zero-order valence-electron chi connectivity index (χ0n) is 12.2. The summed E-state index contributed by atoms with van der Waals surface area (Å²) in [5.41, 5.74) is 6.02. The molecule has 116 valence electrons. The fourth-order valence-corrected chi connectivity index (χ4v) is 3.28. The number of benzene rings is 1. The van der Waals surface area contributed by atoms with Gasteiger partial charge >= 0.3 is 0 Å². The van der Waals surface area contributed by atoms with E-state index in [1.165, 1.54) is 16.4 Å². The lowest BCUT2D eigenvalue weighted by Gasteiger charge is -2.21. The van der Waals surface area contributed by atoms with Gasteiger partial charge in [0.1, 0.15) is 0 Å². The molecule has 0 amide bonds. The van der Waals surface area contributed by atoms with Gasteiger partial charge in [0.25, 0.3) is 0 Å². The van der Waals surface area contributed by atoms with Gasteiger partial charge in [-0.15, -0.1) is 0 Å². The Hall–Kier alpha value is -1.39. The summed E-state index contributed by atoms with van der Waals surface area (Å²) in [7, 11) is -3.57. The molecule has 0 fully saturated rings. The van der Waals surface area contributed by atoms with Gasteiger partial charge in [-0.2, -0.15) is 4.31 Å². The maximum Gasteiger partial charge on any atom is 0.243 e. The molecule has 0 unspecified atom stereocenters. The van der Waals surface area contributed by atoms with E-state index in [0.29, 0.717) is 6.54 Å². The summed E-state index contributed by atoms with van der Waals surface area (Å²) in [6, 6.07) is 6.39.